The van der Waals surface area contributed by atoms with Gasteiger partial charge in [-0.3, -0.25) is 0 Å². The molecule has 0 aromatic heterocycles. The molecule has 0 bridgehead atoms. The van der Waals surface area contributed by atoms with E-state index in [2.05, 4.69) is 6.92 Å². The lowest BCUT2D eigenvalue weighted by atomic mass is 10.1. The van der Waals surface area contributed by atoms with E-state index in [0.717, 1.165) is 19.3 Å². The van der Waals surface area contributed by atoms with Crippen LogP contribution in [0.3, 0.4) is 0 Å². The third kappa shape index (κ3) is 13.9. The average Bonchev–Trinajstić information content (AvgIpc) is 2.51. The predicted octanol–water partition coefficient (Wildman–Crippen LogP) is 3.50. The maximum Gasteiger partial charge on any atom is 0.332 e. The van der Waals surface area contributed by atoms with E-state index in [-0.39, 0.29) is 13.2 Å². The maximum atomic E-state index is 11.4. The van der Waals surface area contributed by atoms with Gasteiger partial charge in [0.15, 0.2) is 0 Å². The molecule has 0 amide bonds. The van der Waals surface area contributed by atoms with Gasteiger partial charge in [-0.15, -0.1) is 0 Å². The minimum atomic E-state index is -0.441. The van der Waals surface area contributed by atoms with E-state index in [0.29, 0.717) is 19.1 Å². The van der Waals surface area contributed by atoms with Gasteiger partial charge >= 0.3 is 11.9 Å². The molecule has 0 N–H and O–H groups in total. The van der Waals surface area contributed by atoms with Crippen LogP contribution < -0.4 is 0 Å². The molecule has 130 valence electrons. The molecule has 1 unspecified atom stereocenters. The minimum absolute atomic E-state index is 0.200. The Morgan fingerprint density at radius 1 is 0.864 bits per heavy atom. The molecular weight excluding hydrogens is 284 g/mol. The molecule has 0 saturated carbocycles. The first-order valence-electron chi connectivity index (χ1n) is 8.49. The van der Waals surface area contributed by atoms with E-state index in [1.807, 2.05) is 13.8 Å². The van der Waals surface area contributed by atoms with Gasteiger partial charge in [0.25, 0.3) is 0 Å². The van der Waals surface area contributed by atoms with Gasteiger partial charge in [0.05, 0.1) is 13.2 Å². The zero-order valence-electron chi connectivity index (χ0n) is 14.4. The second-order valence-corrected chi connectivity index (χ2v) is 5.68. The van der Waals surface area contributed by atoms with Crippen molar-refractivity contribution in [3.05, 3.63) is 0 Å². The molecule has 0 radical (unpaired) electrons. The fourth-order valence-corrected chi connectivity index (χ4v) is 1.72. The highest BCUT2D eigenvalue weighted by Gasteiger charge is 2.08. The Kier molecular flexibility index (Phi) is 14.1. The van der Waals surface area contributed by atoms with Crippen molar-refractivity contribution < 1.29 is 23.8 Å². The molecule has 0 aliphatic heterocycles. The van der Waals surface area contributed by atoms with Crippen molar-refractivity contribution in [3.63, 3.8) is 0 Å². The molecular formula is C17H32O5. The summed E-state index contributed by atoms with van der Waals surface area (Å²) in [6.45, 7) is 6.63. The number of unbranched alkanes of at least 4 members (excludes halogenated alkanes) is 5. The molecule has 22 heavy (non-hydrogen) atoms. The Morgan fingerprint density at radius 3 is 2.09 bits per heavy atom. The van der Waals surface area contributed by atoms with Gasteiger partial charge in [0.1, 0.15) is 13.2 Å². The highest BCUT2D eigenvalue weighted by atomic mass is 16.6. The number of hydrogen-bond acceptors (Lipinski definition) is 5. The third-order valence-corrected chi connectivity index (χ3v) is 3.43. The molecule has 0 aromatic carbocycles. The van der Waals surface area contributed by atoms with Crippen molar-refractivity contribution in [2.45, 2.75) is 65.7 Å². The Bertz CT molecular complexity index is 291. The molecule has 0 rings (SSSR count). The lowest BCUT2D eigenvalue weighted by Crippen LogP contribution is -2.20. The largest absolute Gasteiger partial charge is 0.464 e. The standard InChI is InChI=1S/C17H32O5/c1-4-6-7-8-9-10-11-21-16(18)13-20-14-17(19)22-12-15(3)5-2/h15H,4-14H2,1-3H3. The average molecular weight is 316 g/mol. The van der Waals surface area contributed by atoms with Gasteiger partial charge in [0.2, 0.25) is 0 Å². The molecule has 0 aliphatic rings. The summed E-state index contributed by atoms with van der Waals surface area (Å²) in [6, 6.07) is 0. The van der Waals surface area contributed by atoms with Crippen LogP contribution in [0.15, 0.2) is 0 Å². The third-order valence-electron chi connectivity index (χ3n) is 3.43. The number of rotatable bonds is 14. The van der Waals surface area contributed by atoms with Gasteiger partial charge in [0, 0.05) is 0 Å². The van der Waals surface area contributed by atoms with Crippen LogP contribution >= 0.6 is 0 Å². The van der Waals surface area contributed by atoms with E-state index in [1.165, 1.54) is 25.7 Å². The van der Waals surface area contributed by atoms with Gasteiger partial charge < -0.3 is 14.2 Å². The van der Waals surface area contributed by atoms with Crippen LogP contribution in [0.25, 0.3) is 0 Å². The molecule has 0 aliphatic carbocycles. The predicted molar refractivity (Wildman–Crippen MR) is 85.6 cm³/mol. The van der Waals surface area contributed by atoms with Gasteiger partial charge in [-0.05, 0) is 12.3 Å². The quantitative estimate of drug-likeness (QED) is 0.362. The van der Waals surface area contributed by atoms with Crippen LogP contribution in [0, 0.1) is 5.92 Å². The Morgan fingerprint density at radius 2 is 1.45 bits per heavy atom. The number of carbonyl (C=O) groups excluding carboxylic acids is 2. The van der Waals surface area contributed by atoms with E-state index in [4.69, 9.17) is 14.2 Å². The van der Waals surface area contributed by atoms with Crippen molar-refractivity contribution in [2.24, 2.45) is 5.92 Å². The van der Waals surface area contributed by atoms with E-state index < -0.39 is 11.9 Å². The molecule has 0 saturated heterocycles. The topological polar surface area (TPSA) is 61.8 Å². The first-order valence-corrected chi connectivity index (χ1v) is 8.49. The second-order valence-electron chi connectivity index (χ2n) is 5.68. The molecule has 0 spiro atoms. The summed E-state index contributed by atoms with van der Waals surface area (Å²) in [5.41, 5.74) is 0. The van der Waals surface area contributed by atoms with Crippen LogP contribution in [0.1, 0.15) is 65.7 Å². The van der Waals surface area contributed by atoms with Crippen molar-refractivity contribution in [1.82, 2.24) is 0 Å². The number of esters is 2. The Labute approximate surface area is 134 Å². The summed E-state index contributed by atoms with van der Waals surface area (Å²) < 4.78 is 15.0. The summed E-state index contributed by atoms with van der Waals surface area (Å²) in [5, 5.41) is 0. The molecule has 0 aromatic rings. The zero-order valence-corrected chi connectivity index (χ0v) is 14.4. The summed E-state index contributed by atoms with van der Waals surface area (Å²) in [4.78, 5) is 22.7. The van der Waals surface area contributed by atoms with E-state index >= 15 is 0 Å². The smallest absolute Gasteiger partial charge is 0.332 e. The first kappa shape index (κ1) is 20.9. The molecule has 1 atom stereocenters. The van der Waals surface area contributed by atoms with Crippen LogP contribution in [-0.4, -0.2) is 38.4 Å². The summed E-state index contributed by atoms with van der Waals surface area (Å²) in [7, 11) is 0. The van der Waals surface area contributed by atoms with Gasteiger partial charge in [-0.2, -0.15) is 0 Å². The normalized spacial score (nSPS) is 12.0. The number of ether oxygens (including phenoxy) is 3. The van der Waals surface area contributed by atoms with Crippen LogP contribution in [0.2, 0.25) is 0 Å². The van der Waals surface area contributed by atoms with Crippen LogP contribution in [0.5, 0.6) is 0 Å². The second kappa shape index (κ2) is 14.8. The highest BCUT2D eigenvalue weighted by molar-refractivity contribution is 5.73. The van der Waals surface area contributed by atoms with Crippen molar-refractivity contribution in [2.75, 3.05) is 26.4 Å². The zero-order chi connectivity index (χ0) is 16.6. The van der Waals surface area contributed by atoms with Crippen molar-refractivity contribution in [3.8, 4) is 0 Å². The van der Waals surface area contributed by atoms with E-state index in [9.17, 15) is 9.59 Å². The number of hydrogen-bond donors (Lipinski definition) is 0. The van der Waals surface area contributed by atoms with E-state index in [1.54, 1.807) is 0 Å². The number of carbonyl (C=O) groups is 2. The Balaban J connectivity index is 3.40. The van der Waals surface area contributed by atoms with Crippen LogP contribution in [-0.2, 0) is 23.8 Å². The fourth-order valence-electron chi connectivity index (χ4n) is 1.72. The molecule has 5 heteroatoms. The highest BCUT2D eigenvalue weighted by Crippen LogP contribution is 2.05. The lowest BCUT2D eigenvalue weighted by Gasteiger charge is -2.09. The molecule has 0 heterocycles. The van der Waals surface area contributed by atoms with Crippen molar-refractivity contribution >= 4 is 11.9 Å². The SMILES string of the molecule is CCCCCCCCOC(=O)COCC(=O)OCC(C)CC. The molecule has 0 fully saturated rings. The van der Waals surface area contributed by atoms with Gasteiger partial charge in [-0.25, -0.2) is 9.59 Å². The maximum absolute atomic E-state index is 11.4. The summed E-state index contributed by atoms with van der Waals surface area (Å²) >= 11 is 0. The lowest BCUT2D eigenvalue weighted by molar-refractivity contribution is -0.156. The summed E-state index contributed by atoms with van der Waals surface area (Å²) in [6.07, 6.45) is 7.84. The van der Waals surface area contributed by atoms with Crippen molar-refractivity contribution in [1.29, 1.82) is 0 Å². The fraction of sp³-hybridized carbons (Fsp3) is 0.882. The first-order chi connectivity index (χ1) is 10.6. The minimum Gasteiger partial charge on any atom is -0.464 e. The van der Waals surface area contributed by atoms with Crippen LogP contribution in [0.4, 0.5) is 0 Å². The monoisotopic (exact) mass is 316 g/mol. The van der Waals surface area contributed by atoms with Gasteiger partial charge in [-0.1, -0.05) is 59.3 Å². The Hall–Kier alpha value is -1.10. The summed E-state index contributed by atoms with van der Waals surface area (Å²) in [5.74, 6) is -0.529. The molecule has 5 nitrogen and oxygen atoms in total.